The fourth-order valence-electron chi connectivity index (χ4n) is 1.23. The summed E-state index contributed by atoms with van der Waals surface area (Å²) in [5.41, 5.74) is -1.22. The summed E-state index contributed by atoms with van der Waals surface area (Å²) in [7, 11) is 0. The summed E-state index contributed by atoms with van der Waals surface area (Å²) in [6.07, 6.45) is 0. The SMILES string of the molecule is CC(C)(C#N)c1cc(F)ccc1[N+](=O)[O-]. The molecule has 78 valence electrons. The molecule has 0 saturated carbocycles. The first-order chi connectivity index (χ1) is 6.88. The standard InChI is InChI=1S/C10H9FN2O2/c1-10(2,6-12)8-5-7(11)3-4-9(8)13(14)15/h3-5H,1-2H3. The molecule has 0 saturated heterocycles. The Morgan fingerprint density at radius 2 is 2.13 bits per heavy atom. The van der Waals surface area contributed by atoms with Gasteiger partial charge in [0.15, 0.2) is 0 Å². The highest BCUT2D eigenvalue weighted by Crippen LogP contribution is 2.31. The first-order valence-corrected chi connectivity index (χ1v) is 4.24. The molecule has 5 heteroatoms. The molecule has 1 aromatic carbocycles. The van der Waals surface area contributed by atoms with Crippen LogP contribution in [0.4, 0.5) is 10.1 Å². The zero-order valence-corrected chi connectivity index (χ0v) is 8.32. The van der Waals surface area contributed by atoms with E-state index >= 15 is 0 Å². The largest absolute Gasteiger partial charge is 0.274 e. The minimum atomic E-state index is -1.08. The molecule has 0 aliphatic rings. The van der Waals surface area contributed by atoms with Crippen molar-refractivity contribution in [2.45, 2.75) is 19.3 Å². The lowest BCUT2D eigenvalue weighted by Crippen LogP contribution is -2.16. The van der Waals surface area contributed by atoms with Crippen LogP contribution < -0.4 is 0 Å². The van der Waals surface area contributed by atoms with Crippen molar-refractivity contribution >= 4 is 5.69 Å². The van der Waals surface area contributed by atoms with E-state index in [1.165, 1.54) is 13.8 Å². The molecule has 0 radical (unpaired) electrons. The molecule has 1 rings (SSSR count). The van der Waals surface area contributed by atoms with Crippen LogP contribution in [0.3, 0.4) is 0 Å². The van der Waals surface area contributed by atoms with Crippen LogP contribution in [-0.4, -0.2) is 4.92 Å². The smallest absolute Gasteiger partial charge is 0.258 e. The lowest BCUT2D eigenvalue weighted by atomic mass is 9.85. The van der Waals surface area contributed by atoms with E-state index in [0.717, 1.165) is 18.2 Å². The maximum atomic E-state index is 12.9. The second-order valence-electron chi connectivity index (χ2n) is 3.66. The summed E-state index contributed by atoms with van der Waals surface area (Å²) < 4.78 is 12.9. The predicted octanol–water partition coefficient (Wildman–Crippen LogP) is 2.54. The summed E-state index contributed by atoms with van der Waals surface area (Å²) in [5, 5.41) is 19.5. The van der Waals surface area contributed by atoms with Gasteiger partial charge >= 0.3 is 0 Å². The number of nitrogens with zero attached hydrogens (tertiary/aromatic N) is 2. The molecule has 0 heterocycles. The van der Waals surface area contributed by atoms with Crippen molar-refractivity contribution in [3.63, 3.8) is 0 Å². The van der Waals surface area contributed by atoms with Gasteiger partial charge in [0.05, 0.1) is 22.0 Å². The van der Waals surface area contributed by atoms with Gasteiger partial charge in [-0.25, -0.2) is 4.39 Å². The molecule has 4 nitrogen and oxygen atoms in total. The van der Waals surface area contributed by atoms with Gasteiger partial charge in [-0.15, -0.1) is 0 Å². The highest BCUT2D eigenvalue weighted by atomic mass is 19.1. The van der Waals surface area contributed by atoms with E-state index < -0.39 is 16.2 Å². The third kappa shape index (κ3) is 2.10. The minimum Gasteiger partial charge on any atom is -0.258 e. The highest BCUT2D eigenvalue weighted by molar-refractivity contribution is 5.47. The quantitative estimate of drug-likeness (QED) is 0.554. The van der Waals surface area contributed by atoms with Crippen LogP contribution in [0.1, 0.15) is 19.4 Å². The monoisotopic (exact) mass is 208 g/mol. The fourth-order valence-corrected chi connectivity index (χ4v) is 1.23. The van der Waals surface area contributed by atoms with Crippen molar-refractivity contribution in [3.05, 3.63) is 39.7 Å². The van der Waals surface area contributed by atoms with Crippen molar-refractivity contribution < 1.29 is 9.31 Å². The molecule has 15 heavy (non-hydrogen) atoms. The first-order valence-electron chi connectivity index (χ1n) is 4.24. The maximum Gasteiger partial charge on any atom is 0.274 e. The Labute approximate surface area is 86.1 Å². The van der Waals surface area contributed by atoms with E-state index in [-0.39, 0.29) is 11.3 Å². The summed E-state index contributed by atoms with van der Waals surface area (Å²) in [6.45, 7) is 3.02. The highest BCUT2D eigenvalue weighted by Gasteiger charge is 2.29. The number of hydrogen-bond acceptors (Lipinski definition) is 3. The van der Waals surface area contributed by atoms with Gasteiger partial charge in [0, 0.05) is 6.07 Å². The number of hydrogen-bond donors (Lipinski definition) is 0. The number of halogens is 1. The Morgan fingerprint density at radius 1 is 1.53 bits per heavy atom. The van der Waals surface area contributed by atoms with Gasteiger partial charge in [-0.2, -0.15) is 5.26 Å². The Morgan fingerprint density at radius 3 is 2.60 bits per heavy atom. The number of rotatable bonds is 2. The molecule has 0 spiro atoms. The van der Waals surface area contributed by atoms with Crippen molar-refractivity contribution in [2.75, 3.05) is 0 Å². The van der Waals surface area contributed by atoms with E-state index in [2.05, 4.69) is 0 Å². The Kier molecular flexibility index (Phi) is 2.71. The fraction of sp³-hybridized carbons (Fsp3) is 0.300. The van der Waals surface area contributed by atoms with Crippen molar-refractivity contribution in [1.82, 2.24) is 0 Å². The summed E-state index contributed by atoms with van der Waals surface area (Å²) in [6, 6.07) is 5.02. The van der Waals surface area contributed by atoms with Crippen LogP contribution in [0, 0.1) is 27.3 Å². The normalized spacial score (nSPS) is 10.8. The predicted molar refractivity (Wildman–Crippen MR) is 51.7 cm³/mol. The zero-order valence-electron chi connectivity index (χ0n) is 8.32. The Hall–Kier alpha value is -1.96. The zero-order chi connectivity index (χ0) is 11.6. The van der Waals surface area contributed by atoms with Gasteiger partial charge in [-0.05, 0) is 26.0 Å². The summed E-state index contributed by atoms with van der Waals surface area (Å²) >= 11 is 0. The molecule has 1 aromatic rings. The van der Waals surface area contributed by atoms with Crippen molar-refractivity contribution in [1.29, 1.82) is 5.26 Å². The first kappa shape index (κ1) is 11.1. The van der Waals surface area contributed by atoms with Crippen LogP contribution in [0.15, 0.2) is 18.2 Å². The molecule has 0 amide bonds. The van der Waals surface area contributed by atoms with Crippen LogP contribution in [0.25, 0.3) is 0 Å². The molecule has 0 N–H and O–H groups in total. The molecule has 0 aromatic heterocycles. The lowest BCUT2D eigenvalue weighted by Gasteiger charge is -2.15. The van der Waals surface area contributed by atoms with E-state index in [1.807, 2.05) is 6.07 Å². The van der Waals surface area contributed by atoms with Gasteiger partial charge in [0.2, 0.25) is 0 Å². The summed E-state index contributed by atoms with van der Waals surface area (Å²) in [5.74, 6) is -0.584. The Balaban J connectivity index is 3.45. The van der Waals surface area contributed by atoms with Crippen LogP contribution in [0.5, 0.6) is 0 Å². The second kappa shape index (κ2) is 3.65. The van der Waals surface area contributed by atoms with E-state index in [1.54, 1.807) is 0 Å². The minimum absolute atomic E-state index is 0.0926. The second-order valence-corrected chi connectivity index (χ2v) is 3.66. The van der Waals surface area contributed by atoms with Crippen LogP contribution in [-0.2, 0) is 5.41 Å². The average molecular weight is 208 g/mol. The average Bonchev–Trinajstić information content (AvgIpc) is 2.17. The molecular formula is C10H9FN2O2. The van der Waals surface area contributed by atoms with E-state index in [4.69, 9.17) is 5.26 Å². The summed E-state index contributed by atoms with van der Waals surface area (Å²) in [4.78, 5) is 10.1. The molecule has 0 aliphatic carbocycles. The third-order valence-corrected chi connectivity index (χ3v) is 2.11. The van der Waals surface area contributed by atoms with Gasteiger partial charge < -0.3 is 0 Å². The topological polar surface area (TPSA) is 66.9 Å². The van der Waals surface area contributed by atoms with Gasteiger partial charge in [-0.3, -0.25) is 10.1 Å². The molecule has 0 unspecified atom stereocenters. The van der Waals surface area contributed by atoms with Gasteiger partial charge in [-0.1, -0.05) is 0 Å². The van der Waals surface area contributed by atoms with Crippen LogP contribution >= 0.6 is 0 Å². The number of benzene rings is 1. The number of nitro groups is 1. The van der Waals surface area contributed by atoms with Crippen molar-refractivity contribution in [3.8, 4) is 6.07 Å². The maximum absolute atomic E-state index is 12.9. The van der Waals surface area contributed by atoms with Gasteiger partial charge in [0.1, 0.15) is 5.82 Å². The van der Waals surface area contributed by atoms with Crippen LogP contribution in [0.2, 0.25) is 0 Å². The van der Waals surface area contributed by atoms with E-state index in [9.17, 15) is 14.5 Å². The number of nitro benzene ring substituents is 1. The molecule has 0 aliphatic heterocycles. The van der Waals surface area contributed by atoms with Crippen molar-refractivity contribution in [2.24, 2.45) is 0 Å². The molecule has 0 fully saturated rings. The van der Waals surface area contributed by atoms with E-state index in [0.29, 0.717) is 0 Å². The number of nitriles is 1. The van der Waals surface area contributed by atoms with Gasteiger partial charge in [0.25, 0.3) is 5.69 Å². The lowest BCUT2D eigenvalue weighted by molar-refractivity contribution is -0.385. The molecule has 0 bridgehead atoms. The Bertz CT molecular complexity index is 449. The molecular weight excluding hydrogens is 199 g/mol. The third-order valence-electron chi connectivity index (χ3n) is 2.11. The molecule has 0 atom stereocenters.